The van der Waals surface area contributed by atoms with Gasteiger partial charge in [0.05, 0.1) is 11.7 Å². The molecule has 0 aromatic carbocycles. The van der Waals surface area contributed by atoms with Crippen LogP contribution in [-0.2, 0) is 18.0 Å². The highest BCUT2D eigenvalue weighted by atomic mass is 15.4. The molecule has 1 rings (SSSR count). The fourth-order valence-electron chi connectivity index (χ4n) is 1.57. The van der Waals surface area contributed by atoms with E-state index in [-0.39, 0.29) is 11.0 Å². The van der Waals surface area contributed by atoms with Crippen LogP contribution in [0.5, 0.6) is 0 Å². The Bertz CT molecular complexity index is 321. The zero-order valence-corrected chi connectivity index (χ0v) is 10.5. The van der Waals surface area contributed by atoms with Gasteiger partial charge >= 0.3 is 0 Å². The molecule has 0 fully saturated rings. The third-order valence-corrected chi connectivity index (χ3v) is 2.48. The lowest BCUT2D eigenvalue weighted by atomic mass is 9.90. The van der Waals surface area contributed by atoms with E-state index in [1.165, 1.54) is 5.56 Å². The summed E-state index contributed by atoms with van der Waals surface area (Å²) >= 11 is 0. The molecule has 1 aromatic rings. The van der Waals surface area contributed by atoms with Crippen LogP contribution in [-0.4, -0.2) is 4.68 Å². The second kappa shape index (κ2) is 3.11. The van der Waals surface area contributed by atoms with Crippen molar-refractivity contribution in [3.63, 3.8) is 0 Å². The van der Waals surface area contributed by atoms with Crippen molar-refractivity contribution in [2.75, 3.05) is 0 Å². The first kappa shape index (κ1) is 11.3. The first-order chi connectivity index (χ1) is 6.12. The minimum atomic E-state index is 0.151. The Balaban J connectivity index is 3.19. The van der Waals surface area contributed by atoms with Gasteiger partial charge in [0.25, 0.3) is 0 Å². The van der Waals surface area contributed by atoms with Gasteiger partial charge in [0.15, 0.2) is 13.2 Å². The molecule has 14 heavy (non-hydrogen) atoms. The average molecular weight is 195 g/mol. The Morgan fingerprint density at radius 3 is 1.79 bits per heavy atom. The maximum Gasteiger partial charge on any atom is 0.199 e. The van der Waals surface area contributed by atoms with Gasteiger partial charge in [0.1, 0.15) is 0 Å². The molecule has 0 unspecified atom stereocenters. The molecule has 0 aliphatic carbocycles. The van der Waals surface area contributed by atoms with Crippen LogP contribution in [0.4, 0.5) is 0 Å². The molecular weight excluding hydrogens is 172 g/mol. The van der Waals surface area contributed by atoms with Crippen LogP contribution in [0.15, 0.2) is 12.4 Å². The third kappa shape index (κ3) is 2.17. The summed E-state index contributed by atoms with van der Waals surface area (Å²) in [5, 5.41) is 0. The maximum absolute atomic E-state index is 2.27. The lowest BCUT2D eigenvalue weighted by molar-refractivity contribution is -0.760. The van der Waals surface area contributed by atoms with Gasteiger partial charge in [-0.1, -0.05) is 20.8 Å². The van der Waals surface area contributed by atoms with Crippen molar-refractivity contribution in [2.24, 2.45) is 7.05 Å². The van der Waals surface area contributed by atoms with Crippen molar-refractivity contribution in [1.29, 1.82) is 0 Å². The number of aromatic nitrogens is 2. The standard InChI is InChI=1S/C12H23N2/c1-11(2,3)10-8-13(7)14(9-10)12(4,5)6/h8-9H,1-7H3/q+1. The fourth-order valence-corrected chi connectivity index (χ4v) is 1.57. The van der Waals surface area contributed by atoms with Gasteiger partial charge in [0, 0.05) is 5.56 Å². The van der Waals surface area contributed by atoms with Crippen LogP contribution in [0.25, 0.3) is 0 Å². The first-order valence-electron chi connectivity index (χ1n) is 5.21. The molecule has 0 aliphatic heterocycles. The minimum absolute atomic E-state index is 0.151. The second-order valence-electron chi connectivity index (χ2n) is 6.05. The SMILES string of the molecule is C[n+]1cc(C(C)(C)C)cn1C(C)(C)C. The quantitative estimate of drug-likeness (QED) is 0.562. The van der Waals surface area contributed by atoms with Crippen molar-refractivity contribution in [3.05, 3.63) is 18.0 Å². The van der Waals surface area contributed by atoms with Gasteiger partial charge in [-0.2, -0.15) is 4.68 Å². The Kier molecular flexibility index (Phi) is 2.51. The molecule has 0 N–H and O–H groups in total. The van der Waals surface area contributed by atoms with Crippen LogP contribution in [0.1, 0.15) is 47.1 Å². The van der Waals surface area contributed by atoms with Crippen LogP contribution in [0, 0.1) is 0 Å². The number of hydrogen-bond acceptors (Lipinski definition) is 0. The minimum Gasteiger partial charge on any atom is -0.156 e. The van der Waals surface area contributed by atoms with Crippen LogP contribution >= 0.6 is 0 Å². The molecule has 0 radical (unpaired) electrons. The molecule has 0 amide bonds. The molecule has 1 aromatic heterocycles. The van der Waals surface area contributed by atoms with Crippen LogP contribution < -0.4 is 4.68 Å². The van der Waals surface area contributed by atoms with Crippen molar-refractivity contribution >= 4 is 0 Å². The summed E-state index contributed by atoms with van der Waals surface area (Å²) < 4.78 is 4.44. The zero-order chi connectivity index (χ0) is 11.1. The summed E-state index contributed by atoms with van der Waals surface area (Å²) in [4.78, 5) is 0. The lowest BCUT2D eigenvalue weighted by Gasteiger charge is -2.17. The monoisotopic (exact) mass is 195 g/mol. The highest BCUT2D eigenvalue weighted by Gasteiger charge is 2.26. The molecular formula is C12H23N2+. The van der Waals surface area contributed by atoms with Crippen LogP contribution in [0.2, 0.25) is 0 Å². The molecule has 0 bridgehead atoms. The van der Waals surface area contributed by atoms with Gasteiger partial charge in [-0.05, 0) is 26.2 Å². The molecule has 0 saturated heterocycles. The summed E-state index contributed by atoms with van der Waals surface area (Å²) in [6.07, 6.45) is 4.46. The van der Waals surface area contributed by atoms with E-state index in [1.54, 1.807) is 0 Å². The van der Waals surface area contributed by atoms with Gasteiger partial charge in [-0.25, -0.2) is 0 Å². The van der Waals surface area contributed by atoms with Gasteiger partial charge in [-0.3, -0.25) is 0 Å². The molecule has 80 valence electrons. The molecule has 2 heteroatoms. The summed E-state index contributed by atoms with van der Waals surface area (Å²) in [5.41, 5.74) is 1.77. The molecule has 0 aliphatic rings. The topological polar surface area (TPSA) is 8.81 Å². The predicted octanol–water partition coefficient (Wildman–Crippen LogP) is 2.37. The Labute approximate surface area is 87.5 Å². The average Bonchev–Trinajstić information content (AvgIpc) is 2.27. The lowest BCUT2D eigenvalue weighted by Crippen LogP contribution is -2.45. The molecule has 0 atom stereocenters. The van der Waals surface area contributed by atoms with E-state index in [2.05, 4.69) is 70.3 Å². The van der Waals surface area contributed by atoms with E-state index in [9.17, 15) is 0 Å². The summed E-state index contributed by atoms with van der Waals surface area (Å²) in [6.45, 7) is 13.4. The van der Waals surface area contributed by atoms with Gasteiger partial charge in [-0.15, -0.1) is 4.68 Å². The predicted molar refractivity (Wildman–Crippen MR) is 59.3 cm³/mol. The first-order valence-corrected chi connectivity index (χ1v) is 5.21. The summed E-state index contributed by atoms with van der Waals surface area (Å²) in [7, 11) is 2.10. The van der Waals surface area contributed by atoms with Crippen molar-refractivity contribution in [3.8, 4) is 0 Å². The zero-order valence-electron chi connectivity index (χ0n) is 10.5. The summed E-state index contributed by atoms with van der Waals surface area (Å²) in [6, 6.07) is 0. The molecule has 0 spiro atoms. The van der Waals surface area contributed by atoms with E-state index in [0.717, 1.165) is 0 Å². The smallest absolute Gasteiger partial charge is 0.156 e. The number of aryl methyl sites for hydroxylation is 1. The second-order valence-corrected chi connectivity index (χ2v) is 6.05. The van der Waals surface area contributed by atoms with E-state index in [0.29, 0.717) is 0 Å². The third-order valence-electron chi connectivity index (χ3n) is 2.48. The van der Waals surface area contributed by atoms with Gasteiger partial charge in [0.2, 0.25) is 0 Å². The van der Waals surface area contributed by atoms with E-state index in [4.69, 9.17) is 0 Å². The highest BCUT2D eigenvalue weighted by Crippen LogP contribution is 2.22. The molecule has 1 heterocycles. The molecule has 2 nitrogen and oxygen atoms in total. The highest BCUT2D eigenvalue weighted by molar-refractivity contribution is 5.13. The number of hydrogen-bond donors (Lipinski definition) is 0. The van der Waals surface area contributed by atoms with Crippen molar-refractivity contribution in [1.82, 2.24) is 4.68 Å². The Morgan fingerprint density at radius 1 is 1.07 bits per heavy atom. The van der Waals surface area contributed by atoms with Crippen molar-refractivity contribution < 1.29 is 4.68 Å². The van der Waals surface area contributed by atoms with Crippen molar-refractivity contribution in [2.45, 2.75) is 52.5 Å². The Hall–Kier alpha value is -0.790. The summed E-state index contributed by atoms with van der Waals surface area (Å²) in [5.74, 6) is 0. The number of rotatable bonds is 0. The normalized spacial score (nSPS) is 13.4. The van der Waals surface area contributed by atoms with E-state index >= 15 is 0 Å². The number of nitrogens with zero attached hydrogens (tertiary/aromatic N) is 2. The van der Waals surface area contributed by atoms with Crippen LogP contribution in [0.3, 0.4) is 0 Å². The van der Waals surface area contributed by atoms with E-state index in [1.807, 2.05) is 0 Å². The fraction of sp³-hybridized carbons (Fsp3) is 0.750. The van der Waals surface area contributed by atoms with Gasteiger partial charge < -0.3 is 0 Å². The van der Waals surface area contributed by atoms with E-state index < -0.39 is 0 Å². The Morgan fingerprint density at radius 2 is 1.57 bits per heavy atom. The molecule has 0 saturated carbocycles. The largest absolute Gasteiger partial charge is 0.199 e. The maximum atomic E-state index is 2.27.